The number of sulfone groups is 1. The molecule has 0 aliphatic heterocycles. The van der Waals surface area contributed by atoms with E-state index in [9.17, 15) is 8.42 Å². The number of fused-ring (bicyclic) bond motifs is 3. The van der Waals surface area contributed by atoms with Gasteiger partial charge in [0.2, 0.25) is 5.88 Å². The van der Waals surface area contributed by atoms with Crippen molar-refractivity contribution in [2.45, 2.75) is 71.1 Å². The molecule has 4 rings (SSSR count). The van der Waals surface area contributed by atoms with Crippen LogP contribution in [0.4, 0.5) is 0 Å². The molecule has 1 aliphatic carbocycles. The quantitative estimate of drug-likeness (QED) is 0.459. The average Bonchev–Trinajstić information content (AvgIpc) is 3.08. The molecule has 0 spiro atoms. The molecule has 0 unspecified atom stereocenters. The summed E-state index contributed by atoms with van der Waals surface area (Å²) >= 11 is 0. The molecule has 1 aliphatic rings. The van der Waals surface area contributed by atoms with Crippen molar-refractivity contribution >= 4 is 20.9 Å². The lowest BCUT2D eigenvalue weighted by atomic mass is 9.95. The lowest BCUT2D eigenvalue weighted by Crippen LogP contribution is -2.18. The summed E-state index contributed by atoms with van der Waals surface area (Å²) in [5.74, 6) is 2.46. The fourth-order valence-corrected chi connectivity index (χ4v) is 5.29. The van der Waals surface area contributed by atoms with Crippen LogP contribution in [0.25, 0.3) is 11.0 Å². The summed E-state index contributed by atoms with van der Waals surface area (Å²) in [5, 5.41) is -0.320. The van der Waals surface area contributed by atoms with Crippen LogP contribution in [0.3, 0.4) is 0 Å². The number of hydrogen-bond acceptors (Lipinski definition) is 5. The van der Waals surface area contributed by atoms with E-state index in [0.717, 1.165) is 67.0 Å². The van der Waals surface area contributed by atoms with Crippen molar-refractivity contribution in [3.8, 4) is 11.6 Å². The number of aryl methyl sites for hydroxylation is 4. The molecule has 2 heterocycles. The SMILES string of the molecule is Cc1nc2c(Oc3ccccc3)nc3c(c2n1CCCCS(=O)(=O)C(C)C)CCCC3. The molecule has 3 aromatic rings. The van der Waals surface area contributed by atoms with Crippen LogP contribution in [-0.4, -0.2) is 34.0 Å². The summed E-state index contributed by atoms with van der Waals surface area (Å²) in [6.07, 6.45) is 5.69. The first-order valence-corrected chi connectivity index (χ1v) is 12.9. The second-order valence-electron chi connectivity index (χ2n) is 8.60. The Morgan fingerprint density at radius 1 is 1.06 bits per heavy atom. The number of benzene rings is 1. The molecular formula is C24H31N3O3S. The Bertz CT molecular complexity index is 1170. The largest absolute Gasteiger partial charge is 0.437 e. The molecule has 0 bridgehead atoms. The molecule has 2 aromatic heterocycles. The number of pyridine rings is 1. The summed E-state index contributed by atoms with van der Waals surface area (Å²) in [5.41, 5.74) is 4.29. The Kier molecular flexibility index (Phi) is 6.32. The number of hydrogen-bond donors (Lipinski definition) is 0. The fourth-order valence-electron chi connectivity index (χ4n) is 4.22. The van der Waals surface area contributed by atoms with Crippen LogP contribution in [0.15, 0.2) is 30.3 Å². The summed E-state index contributed by atoms with van der Waals surface area (Å²) in [7, 11) is -3.00. The number of para-hydroxylation sites is 1. The van der Waals surface area contributed by atoms with Gasteiger partial charge in [-0.15, -0.1) is 0 Å². The summed E-state index contributed by atoms with van der Waals surface area (Å²) in [4.78, 5) is 9.69. The number of unbranched alkanes of at least 4 members (excludes halogenated alkanes) is 1. The molecule has 166 valence electrons. The van der Waals surface area contributed by atoms with Crippen LogP contribution < -0.4 is 4.74 Å². The van der Waals surface area contributed by atoms with Gasteiger partial charge in [0, 0.05) is 12.2 Å². The maximum atomic E-state index is 12.1. The van der Waals surface area contributed by atoms with Crippen LogP contribution in [-0.2, 0) is 29.2 Å². The van der Waals surface area contributed by atoms with Gasteiger partial charge < -0.3 is 9.30 Å². The smallest absolute Gasteiger partial charge is 0.247 e. The monoisotopic (exact) mass is 441 g/mol. The second kappa shape index (κ2) is 8.99. The van der Waals surface area contributed by atoms with Gasteiger partial charge in [0.25, 0.3) is 0 Å². The standard InChI is InChI=1S/C24H31N3O3S/c1-17(2)31(28,29)16-10-9-15-27-18(3)25-22-23(27)20-13-7-8-14-21(20)26-24(22)30-19-11-5-4-6-12-19/h4-6,11-12,17H,7-10,13-16H2,1-3H3. The Labute approximate surface area is 184 Å². The third-order valence-electron chi connectivity index (χ3n) is 6.06. The van der Waals surface area contributed by atoms with Crippen LogP contribution in [0.1, 0.15) is 56.6 Å². The minimum absolute atomic E-state index is 0.234. The predicted molar refractivity (Wildman–Crippen MR) is 124 cm³/mol. The predicted octanol–water partition coefficient (Wildman–Crippen LogP) is 5.01. The number of ether oxygens (including phenoxy) is 1. The first kappa shape index (κ1) is 21.8. The molecule has 0 saturated heterocycles. The third kappa shape index (κ3) is 4.61. The third-order valence-corrected chi connectivity index (χ3v) is 8.35. The molecule has 1 aromatic carbocycles. The molecule has 0 atom stereocenters. The molecule has 0 N–H and O–H groups in total. The lowest BCUT2D eigenvalue weighted by molar-refractivity contribution is 0.463. The van der Waals surface area contributed by atoms with Gasteiger partial charge in [-0.1, -0.05) is 18.2 Å². The zero-order chi connectivity index (χ0) is 22.0. The Morgan fingerprint density at radius 2 is 1.81 bits per heavy atom. The molecule has 7 heteroatoms. The maximum Gasteiger partial charge on any atom is 0.247 e. The van der Waals surface area contributed by atoms with Gasteiger partial charge in [0.1, 0.15) is 11.6 Å². The van der Waals surface area contributed by atoms with Crippen LogP contribution >= 0.6 is 0 Å². The minimum Gasteiger partial charge on any atom is -0.437 e. The van der Waals surface area contributed by atoms with Gasteiger partial charge in [-0.3, -0.25) is 0 Å². The highest BCUT2D eigenvalue weighted by molar-refractivity contribution is 7.91. The number of imidazole rings is 1. The van der Waals surface area contributed by atoms with Crippen molar-refractivity contribution in [3.05, 3.63) is 47.4 Å². The van der Waals surface area contributed by atoms with Crippen LogP contribution in [0, 0.1) is 6.92 Å². The number of rotatable bonds is 8. The van der Waals surface area contributed by atoms with Crippen LogP contribution in [0.5, 0.6) is 11.6 Å². The highest BCUT2D eigenvalue weighted by Gasteiger charge is 2.24. The van der Waals surface area contributed by atoms with Gasteiger partial charge in [-0.2, -0.15) is 0 Å². The average molecular weight is 442 g/mol. The second-order valence-corrected chi connectivity index (χ2v) is 11.3. The first-order chi connectivity index (χ1) is 14.9. The summed E-state index contributed by atoms with van der Waals surface area (Å²) in [6, 6.07) is 9.69. The number of nitrogens with zero attached hydrogens (tertiary/aromatic N) is 3. The van der Waals surface area contributed by atoms with E-state index in [-0.39, 0.29) is 11.0 Å². The highest BCUT2D eigenvalue weighted by Crippen LogP contribution is 2.35. The van der Waals surface area contributed by atoms with Crippen molar-refractivity contribution < 1.29 is 13.2 Å². The van der Waals surface area contributed by atoms with Gasteiger partial charge in [0.15, 0.2) is 15.4 Å². The van der Waals surface area contributed by atoms with Crippen molar-refractivity contribution in [1.29, 1.82) is 0 Å². The summed E-state index contributed by atoms with van der Waals surface area (Å²) < 4.78 is 32.7. The van der Waals surface area contributed by atoms with Crippen molar-refractivity contribution in [2.24, 2.45) is 0 Å². The molecule has 0 fully saturated rings. The number of aromatic nitrogens is 3. The topological polar surface area (TPSA) is 74.1 Å². The van der Waals surface area contributed by atoms with Crippen molar-refractivity contribution in [3.63, 3.8) is 0 Å². The van der Waals surface area contributed by atoms with E-state index in [4.69, 9.17) is 14.7 Å². The van der Waals surface area contributed by atoms with Crippen LogP contribution in [0.2, 0.25) is 0 Å². The molecule has 6 nitrogen and oxygen atoms in total. The Morgan fingerprint density at radius 3 is 2.55 bits per heavy atom. The van der Waals surface area contributed by atoms with Gasteiger partial charge in [0.05, 0.1) is 16.5 Å². The van der Waals surface area contributed by atoms with E-state index in [1.807, 2.05) is 37.3 Å². The summed E-state index contributed by atoms with van der Waals surface area (Å²) in [6.45, 7) is 6.25. The van der Waals surface area contributed by atoms with Gasteiger partial charge in [-0.25, -0.2) is 18.4 Å². The molecule has 0 amide bonds. The maximum absolute atomic E-state index is 12.1. The van der Waals surface area contributed by atoms with E-state index in [1.54, 1.807) is 13.8 Å². The van der Waals surface area contributed by atoms with E-state index < -0.39 is 9.84 Å². The zero-order valence-electron chi connectivity index (χ0n) is 18.6. The van der Waals surface area contributed by atoms with Crippen molar-refractivity contribution in [2.75, 3.05) is 5.75 Å². The highest BCUT2D eigenvalue weighted by atomic mass is 32.2. The molecule has 31 heavy (non-hydrogen) atoms. The fraction of sp³-hybridized carbons (Fsp3) is 0.500. The van der Waals surface area contributed by atoms with Crippen molar-refractivity contribution in [1.82, 2.24) is 14.5 Å². The van der Waals surface area contributed by atoms with E-state index in [1.165, 1.54) is 5.56 Å². The molecular weight excluding hydrogens is 410 g/mol. The van der Waals surface area contributed by atoms with Gasteiger partial charge in [-0.05, 0) is 77.0 Å². The zero-order valence-corrected chi connectivity index (χ0v) is 19.4. The molecule has 0 radical (unpaired) electrons. The minimum atomic E-state index is -3.00. The normalized spacial score (nSPS) is 14.2. The lowest BCUT2D eigenvalue weighted by Gasteiger charge is -2.19. The first-order valence-electron chi connectivity index (χ1n) is 11.2. The van der Waals surface area contributed by atoms with E-state index in [0.29, 0.717) is 12.3 Å². The van der Waals surface area contributed by atoms with E-state index >= 15 is 0 Å². The van der Waals surface area contributed by atoms with Gasteiger partial charge >= 0.3 is 0 Å². The van der Waals surface area contributed by atoms with E-state index in [2.05, 4.69) is 4.57 Å². The Balaban J connectivity index is 1.66. The Hall–Kier alpha value is -2.41. The molecule has 0 saturated carbocycles.